The molecule has 1 aliphatic heterocycles. The molecule has 2 aliphatic rings. The monoisotopic (exact) mass is 402 g/mol. The van der Waals surface area contributed by atoms with Crippen LogP contribution in [0, 0.1) is 0 Å². The SMILES string of the molecule is CSc1ccc(CNCC[C@@]2(c3ccccn3)CCOC3(CCCC3)C2)s1. The van der Waals surface area contributed by atoms with Crippen LogP contribution in [0.5, 0.6) is 0 Å². The fourth-order valence-electron chi connectivity index (χ4n) is 4.90. The molecule has 5 heteroatoms. The van der Waals surface area contributed by atoms with Crippen LogP contribution in [0.25, 0.3) is 0 Å². The molecule has 1 saturated carbocycles. The van der Waals surface area contributed by atoms with Crippen LogP contribution in [0.4, 0.5) is 0 Å². The van der Waals surface area contributed by atoms with Crippen LogP contribution in [0.2, 0.25) is 0 Å². The molecule has 3 nitrogen and oxygen atoms in total. The van der Waals surface area contributed by atoms with Gasteiger partial charge in [0, 0.05) is 35.3 Å². The number of nitrogens with one attached hydrogen (secondary N) is 1. The van der Waals surface area contributed by atoms with E-state index in [4.69, 9.17) is 9.72 Å². The van der Waals surface area contributed by atoms with Gasteiger partial charge in [0.15, 0.2) is 0 Å². The maximum absolute atomic E-state index is 6.35. The van der Waals surface area contributed by atoms with Gasteiger partial charge in [-0.3, -0.25) is 4.98 Å². The van der Waals surface area contributed by atoms with Crippen LogP contribution in [-0.4, -0.2) is 30.0 Å². The van der Waals surface area contributed by atoms with Crippen LogP contribution < -0.4 is 5.32 Å². The lowest BCUT2D eigenvalue weighted by atomic mass is 9.68. The molecule has 1 spiro atoms. The summed E-state index contributed by atoms with van der Waals surface area (Å²) in [7, 11) is 0. The molecule has 4 rings (SSSR count). The smallest absolute Gasteiger partial charge is 0.0691 e. The van der Waals surface area contributed by atoms with E-state index in [1.54, 1.807) is 0 Å². The second-order valence-corrected chi connectivity index (χ2v) is 10.3. The summed E-state index contributed by atoms with van der Waals surface area (Å²) in [5.74, 6) is 0. The van der Waals surface area contributed by atoms with E-state index in [-0.39, 0.29) is 11.0 Å². The lowest BCUT2D eigenvalue weighted by Crippen LogP contribution is -2.47. The zero-order valence-corrected chi connectivity index (χ0v) is 17.8. The Bertz CT molecular complexity index is 727. The Balaban J connectivity index is 1.44. The third-order valence-electron chi connectivity index (χ3n) is 6.29. The standard InChI is InChI=1S/C22H30N2OS2/c1-26-20-8-7-18(27-20)16-23-14-11-21(19-6-2-5-13-24-19)12-15-25-22(17-21)9-3-4-10-22/h2,5-8,13,23H,3-4,9-12,14-17H2,1H3/t21-/m1/s1. The minimum Gasteiger partial charge on any atom is -0.375 e. The molecule has 27 heavy (non-hydrogen) atoms. The van der Waals surface area contributed by atoms with Crippen LogP contribution in [0.1, 0.15) is 55.5 Å². The number of nitrogens with zero attached hydrogens (tertiary/aromatic N) is 1. The van der Waals surface area contributed by atoms with Gasteiger partial charge in [0.2, 0.25) is 0 Å². The van der Waals surface area contributed by atoms with E-state index < -0.39 is 0 Å². The number of thioether (sulfide) groups is 1. The first-order valence-corrected chi connectivity index (χ1v) is 12.2. The summed E-state index contributed by atoms with van der Waals surface area (Å²) in [5.41, 5.74) is 1.52. The third-order valence-corrected chi connectivity index (χ3v) is 8.46. The zero-order valence-electron chi connectivity index (χ0n) is 16.2. The maximum atomic E-state index is 6.35. The highest BCUT2D eigenvalue weighted by molar-refractivity contribution is 8.00. The van der Waals surface area contributed by atoms with Crippen molar-refractivity contribution in [3.8, 4) is 0 Å². The van der Waals surface area contributed by atoms with Gasteiger partial charge in [0.05, 0.1) is 9.81 Å². The fourth-order valence-corrected chi connectivity index (χ4v) is 6.46. The summed E-state index contributed by atoms with van der Waals surface area (Å²) < 4.78 is 7.74. The Morgan fingerprint density at radius 2 is 2.07 bits per heavy atom. The molecule has 1 atom stereocenters. The minimum atomic E-state index is 0.108. The molecule has 1 N–H and O–H groups in total. The Kier molecular flexibility index (Phi) is 6.22. The van der Waals surface area contributed by atoms with Crippen molar-refractivity contribution >= 4 is 23.1 Å². The summed E-state index contributed by atoms with van der Waals surface area (Å²) in [6.07, 6.45) is 12.5. The highest BCUT2D eigenvalue weighted by atomic mass is 32.2. The number of aromatic nitrogens is 1. The van der Waals surface area contributed by atoms with Crippen molar-refractivity contribution in [2.24, 2.45) is 0 Å². The van der Waals surface area contributed by atoms with Gasteiger partial charge in [-0.2, -0.15) is 0 Å². The average Bonchev–Trinajstić information content (AvgIpc) is 3.36. The van der Waals surface area contributed by atoms with E-state index in [1.807, 2.05) is 35.4 Å². The maximum Gasteiger partial charge on any atom is 0.0691 e. The van der Waals surface area contributed by atoms with Crippen LogP contribution in [0.3, 0.4) is 0 Å². The average molecular weight is 403 g/mol. The van der Waals surface area contributed by atoms with Crippen LogP contribution in [-0.2, 0) is 16.7 Å². The Morgan fingerprint density at radius 3 is 2.81 bits per heavy atom. The molecule has 0 aromatic carbocycles. The van der Waals surface area contributed by atoms with Gasteiger partial charge in [-0.1, -0.05) is 18.9 Å². The van der Waals surface area contributed by atoms with Gasteiger partial charge in [-0.25, -0.2) is 0 Å². The quantitative estimate of drug-likeness (QED) is 0.496. The molecule has 2 aromatic heterocycles. The summed E-state index contributed by atoms with van der Waals surface area (Å²) in [6.45, 7) is 2.86. The topological polar surface area (TPSA) is 34.2 Å². The number of thiophene rings is 1. The number of pyridine rings is 1. The van der Waals surface area contributed by atoms with Crippen molar-refractivity contribution in [3.05, 3.63) is 47.1 Å². The number of ether oxygens (including phenoxy) is 1. The zero-order chi connectivity index (χ0) is 18.6. The first-order chi connectivity index (χ1) is 13.2. The van der Waals surface area contributed by atoms with Crippen molar-refractivity contribution in [3.63, 3.8) is 0 Å². The fraction of sp³-hybridized carbons (Fsp3) is 0.591. The van der Waals surface area contributed by atoms with Crippen LogP contribution >= 0.6 is 23.1 Å². The van der Waals surface area contributed by atoms with Crippen molar-refractivity contribution in [1.82, 2.24) is 10.3 Å². The van der Waals surface area contributed by atoms with E-state index in [1.165, 1.54) is 40.5 Å². The third kappa shape index (κ3) is 4.42. The minimum absolute atomic E-state index is 0.108. The Labute approximate surface area is 171 Å². The van der Waals surface area contributed by atoms with E-state index in [9.17, 15) is 0 Å². The Hall–Kier alpha value is -0.880. The summed E-state index contributed by atoms with van der Waals surface area (Å²) in [5, 5.41) is 3.69. The van der Waals surface area contributed by atoms with E-state index in [0.717, 1.165) is 39.0 Å². The molecule has 2 fully saturated rings. The van der Waals surface area contributed by atoms with Gasteiger partial charge in [-0.05, 0) is 69.2 Å². The molecule has 0 radical (unpaired) electrons. The molecule has 2 aromatic rings. The second kappa shape index (κ2) is 8.64. The van der Waals surface area contributed by atoms with Gasteiger partial charge < -0.3 is 10.1 Å². The van der Waals surface area contributed by atoms with Crippen molar-refractivity contribution < 1.29 is 4.74 Å². The molecule has 3 heterocycles. The highest BCUT2D eigenvalue weighted by Gasteiger charge is 2.48. The summed E-state index contributed by atoms with van der Waals surface area (Å²) >= 11 is 3.73. The van der Waals surface area contributed by atoms with E-state index in [2.05, 4.69) is 35.8 Å². The lowest BCUT2D eigenvalue weighted by Gasteiger charge is -2.46. The summed E-state index contributed by atoms with van der Waals surface area (Å²) in [6, 6.07) is 10.9. The molecular weight excluding hydrogens is 372 g/mol. The molecule has 0 amide bonds. The van der Waals surface area contributed by atoms with Gasteiger partial charge in [0.1, 0.15) is 0 Å². The first kappa shape index (κ1) is 19.4. The largest absolute Gasteiger partial charge is 0.375 e. The van der Waals surface area contributed by atoms with E-state index in [0.29, 0.717) is 0 Å². The number of hydrogen-bond acceptors (Lipinski definition) is 5. The number of hydrogen-bond donors (Lipinski definition) is 1. The molecule has 1 saturated heterocycles. The normalized spacial score (nSPS) is 24.5. The van der Waals surface area contributed by atoms with Crippen molar-refractivity contribution in [2.45, 2.75) is 66.7 Å². The van der Waals surface area contributed by atoms with Gasteiger partial charge in [-0.15, -0.1) is 23.1 Å². The highest BCUT2D eigenvalue weighted by Crippen LogP contribution is 2.49. The van der Waals surface area contributed by atoms with Crippen LogP contribution in [0.15, 0.2) is 40.7 Å². The lowest BCUT2D eigenvalue weighted by molar-refractivity contribution is -0.104. The van der Waals surface area contributed by atoms with Crippen molar-refractivity contribution in [1.29, 1.82) is 0 Å². The molecule has 0 bridgehead atoms. The predicted molar refractivity (Wildman–Crippen MR) is 115 cm³/mol. The Morgan fingerprint density at radius 1 is 1.19 bits per heavy atom. The predicted octanol–water partition coefficient (Wildman–Crippen LogP) is 5.41. The molecule has 1 aliphatic carbocycles. The summed E-state index contributed by atoms with van der Waals surface area (Å²) in [4.78, 5) is 6.22. The number of rotatable bonds is 7. The first-order valence-electron chi connectivity index (χ1n) is 10.1. The second-order valence-electron chi connectivity index (χ2n) is 8.01. The van der Waals surface area contributed by atoms with E-state index >= 15 is 0 Å². The molecule has 146 valence electrons. The molecular formula is C22H30N2OS2. The van der Waals surface area contributed by atoms with Gasteiger partial charge in [0.25, 0.3) is 0 Å². The van der Waals surface area contributed by atoms with Crippen molar-refractivity contribution in [2.75, 3.05) is 19.4 Å². The van der Waals surface area contributed by atoms with Gasteiger partial charge >= 0.3 is 0 Å². The molecule has 0 unspecified atom stereocenters.